The normalized spacial score (nSPS) is 19.1. The zero-order chi connectivity index (χ0) is 12.3. The van der Waals surface area contributed by atoms with Crippen LogP contribution in [0.1, 0.15) is 18.4 Å². The lowest BCUT2D eigenvalue weighted by atomic mass is 9.98. The summed E-state index contributed by atoms with van der Waals surface area (Å²) in [6, 6.07) is 5.39. The van der Waals surface area contributed by atoms with Crippen molar-refractivity contribution in [2.24, 2.45) is 5.92 Å². The molecule has 0 saturated carbocycles. The summed E-state index contributed by atoms with van der Waals surface area (Å²) < 4.78 is 9.94. The van der Waals surface area contributed by atoms with Gasteiger partial charge in [0.1, 0.15) is 0 Å². The summed E-state index contributed by atoms with van der Waals surface area (Å²) in [5.74, 6) is 0.492. The smallest absolute Gasteiger partial charge is 0.309 e. The number of cyclic esters (lactones) is 1. The SMILES string of the molecule is COc1cccc(CCC2CCOC2=O)c1O. The number of benzene rings is 1. The Balaban J connectivity index is 2.01. The van der Waals surface area contributed by atoms with E-state index in [1.165, 1.54) is 7.11 Å². The second kappa shape index (κ2) is 5.08. The first-order chi connectivity index (χ1) is 8.22. The Kier molecular flexibility index (Phi) is 3.52. The minimum atomic E-state index is -0.118. The van der Waals surface area contributed by atoms with Crippen LogP contribution in [0.4, 0.5) is 0 Å². The van der Waals surface area contributed by atoms with Gasteiger partial charge in [0.05, 0.1) is 19.6 Å². The molecular formula is C13H16O4. The van der Waals surface area contributed by atoms with E-state index in [1.54, 1.807) is 6.07 Å². The molecule has 1 unspecified atom stereocenters. The quantitative estimate of drug-likeness (QED) is 0.811. The third-order valence-corrected chi connectivity index (χ3v) is 3.11. The summed E-state index contributed by atoms with van der Waals surface area (Å²) in [5.41, 5.74) is 0.809. The Morgan fingerprint density at radius 2 is 2.35 bits per heavy atom. The maximum Gasteiger partial charge on any atom is 0.309 e. The summed E-state index contributed by atoms with van der Waals surface area (Å²) >= 11 is 0. The number of hydrogen-bond acceptors (Lipinski definition) is 4. The van der Waals surface area contributed by atoms with Crippen LogP contribution in [0.2, 0.25) is 0 Å². The molecule has 4 heteroatoms. The number of esters is 1. The van der Waals surface area contributed by atoms with E-state index < -0.39 is 0 Å². The number of phenolic OH excluding ortho intramolecular Hbond substituents is 1. The fourth-order valence-corrected chi connectivity index (χ4v) is 2.06. The van der Waals surface area contributed by atoms with E-state index in [0.29, 0.717) is 25.2 Å². The van der Waals surface area contributed by atoms with Crippen molar-refractivity contribution >= 4 is 5.97 Å². The third kappa shape index (κ3) is 2.52. The Labute approximate surface area is 100 Å². The molecule has 0 bridgehead atoms. The van der Waals surface area contributed by atoms with Crippen LogP contribution >= 0.6 is 0 Å². The fourth-order valence-electron chi connectivity index (χ4n) is 2.06. The average molecular weight is 236 g/mol. The van der Waals surface area contributed by atoms with E-state index >= 15 is 0 Å². The number of ether oxygens (including phenoxy) is 2. The molecule has 0 radical (unpaired) electrons. The lowest BCUT2D eigenvalue weighted by molar-refractivity contribution is -0.141. The molecule has 0 aromatic heterocycles. The maximum absolute atomic E-state index is 11.3. The van der Waals surface area contributed by atoms with E-state index in [1.807, 2.05) is 12.1 Å². The van der Waals surface area contributed by atoms with Gasteiger partial charge in [-0.05, 0) is 30.9 Å². The van der Waals surface area contributed by atoms with Gasteiger partial charge in [-0.3, -0.25) is 4.79 Å². The second-order valence-corrected chi connectivity index (χ2v) is 4.16. The number of aryl methyl sites for hydroxylation is 1. The lowest BCUT2D eigenvalue weighted by Crippen LogP contribution is -2.08. The lowest BCUT2D eigenvalue weighted by Gasteiger charge is -2.10. The van der Waals surface area contributed by atoms with Gasteiger partial charge in [-0.2, -0.15) is 0 Å². The largest absolute Gasteiger partial charge is 0.504 e. The number of methoxy groups -OCH3 is 1. The molecule has 1 aromatic carbocycles. The van der Waals surface area contributed by atoms with Gasteiger partial charge in [-0.25, -0.2) is 0 Å². The molecule has 1 atom stereocenters. The number of rotatable bonds is 4. The molecule has 1 saturated heterocycles. The van der Waals surface area contributed by atoms with Crippen LogP contribution in [0.5, 0.6) is 11.5 Å². The molecular weight excluding hydrogens is 220 g/mol. The van der Waals surface area contributed by atoms with Crippen molar-refractivity contribution < 1.29 is 19.4 Å². The molecule has 1 fully saturated rings. The molecule has 17 heavy (non-hydrogen) atoms. The van der Waals surface area contributed by atoms with E-state index in [4.69, 9.17) is 9.47 Å². The zero-order valence-corrected chi connectivity index (χ0v) is 9.81. The zero-order valence-electron chi connectivity index (χ0n) is 9.81. The van der Waals surface area contributed by atoms with Crippen molar-refractivity contribution in [2.75, 3.05) is 13.7 Å². The highest BCUT2D eigenvalue weighted by atomic mass is 16.5. The van der Waals surface area contributed by atoms with Gasteiger partial charge in [0.15, 0.2) is 11.5 Å². The summed E-state index contributed by atoms with van der Waals surface area (Å²) in [7, 11) is 1.52. The monoisotopic (exact) mass is 236 g/mol. The van der Waals surface area contributed by atoms with Crippen molar-refractivity contribution in [2.45, 2.75) is 19.3 Å². The molecule has 2 rings (SSSR count). The molecule has 1 aliphatic heterocycles. The van der Waals surface area contributed by atoms with Crippen molar-refractivity contribution in [3.05, 3.63) is 23.8 Å². The van der Waals surface area contributed by atoms with Crippen molar-refractivity contribution in [1.29, 1.82) is 0 Å². The minimum Gasteiger partial charge on any atom is -0.504 e. The van der Waals surface area contributed by atoms with Gasteiger partial charge in [-0.15, -0.1) is 0 Å². The number of carbonyl (C=O) groups is 1. The molecule has 1 N–H and O–H groups in total. The molecule has 0 amide bonds. The molecule has 0 aliphatic carbocycles. The number of aromatic hydroxyl groups is 1. The summed E-state index contributed by atoms with van der Waals surface area (Å²) in [4.78, 5) is 11.3. The van der Waals surface area contributed by atoms with Gasteiger partial charge in [0.25, 0.3) is 0 Å². The van der Waals surface area contributed by atoms with E-state index in [9.17, 15) is 9.90 Å². The summed E-state index contributed by atoms with van der Waals surface area (Å²) in [5, 5.41) is 9.89. The first-order valence-electron chi connectivity index (χ1n) is 5.74. The van der Waals surface area contributed by atoms with Crippen molar-refractivity contribution in [3.8, 4) is 11.5 Å². The van der Waals surface area contributed by atoms with Crippen LogP contribution in [0, 0.1) is 5.92 Å². The van der Waals surface area contributed by atoms with Gasteiger partial charge in [0.2, 0.25) is 0 Å². The maximum atomic E-state index is 11.3. The Morgan fingerprint density at radius 1 is 1.53 bits per heavy atom. The molecule has 92 valence electrons. The van der Waals surface area contributed by atoms with Crippen LogP contribution in [0.25, 0.3) is 0 Å². The Hall–Kier alpha value is -1.71. The Bertz CT molecular complexity index is 414. The first-order valence-corrected chi connectivity index (χ1v) is 5.74. The highest BCUT2D eigenvalue weighted by Crippen LogP contribution is 2.31. The van der Waals surface area contributed by atoms with Crippen LogP contribution in [0.15, 0.2) is 18.2 Å². The topological polar surface area (TPSA) is 55.8 Å². The van der Waals surface area contributed by atoms with Crippen LogP contribution in [-0.2, 0) is 16.0 Å². The molecule has 1 aliphatic rings. The number of para-hydroxylation sites is 1. The highest BCUT2D eigenvalue weighted by Gasteiger charge is 2.26. The predicted molar refractivity (Wildman–Crippen MR) is 62.0 cm³/mol. The van der Waals surface area contributed by atoms with E-state index in [2.05, 4.69) is 0 Å². The fraction of sp³-hybridized carbons (Fsp3) is 0.462. The summed E-state index contributed by atoms with van der Waals surface area (Å²) in [6.07, 6.45) is 2.14. The summed E-state index contributed by atoms with van der Waals surface area (Å²) in [6.45, 7) is 0.521. The predicted octanol–water partition coefficient (Wildman–Crippen LogP) is 1.90. The molecule has 4 nitrogen and oxygen atoms in total. The van der Waals surface area contributed by atoms with Gasteiger partial charge in [-0.1, -0.05) is 12.1 Å². The highest BCUT2D eigenvalue weighted by molar-refractivity contribution is 5.74. The molecule has 0 spiro atoms. The van der Waals surface area contributed by atoms with Crippen LogP contribution in [0.3, 0.4) is 0 Å². The van der Waals surface area contributed by atoms with Crippen molar-refractivity contribution in [3.63, 3.8) is 0 Å². The van der Waals surface area contributed by atoms with Gasteiger partial charge in [0, 0.05) is 0 Å². The molecule has 1 aromatic rings. The van der Waals surface area contributed by atoms with E-state index in [0.717, 1.165) is 12.0 Å². The van der Waals surface area contributed by atoms with Gasteiger partial charge < -0.3 is 14.6 Å². The van der Waals surface area contributed by atoms with Gasteiger partial charge >= 0.3 is 5.97 Å². The van der Waals surface area contributed by atoms with Crippen LogP contribution in [-0.4, -0.2) is 24.8 Å². The number of hydrogen-bond donors (Lipinski definition) is 1. The first kappa shape index (κ1) is 11.8. The standard InChI is InChI=1S/C13H16O4/c1-16-11-4-2-3-9(12(11)14)5-6-10-7-8-17-13(10)15/h2-4,10,14H,5-8H2,1H3. The Morgan fingerprint density at radius 3 is 3.00 bits per heavy atom. The van der Waals surface area contributed by atoms with Crippen LogP contribution < -0.4 is 4.74 Å². The minimum absolute atomic E-state index is 0.0272. The third-order valence-electron chi connectivity index (χ3n) is 3.11. The number of phenols is 1. The average Bonchev–Trinajstić information content (AvgIpc) is 2.74. The molecule has 1 heterocycles. The van der Waals surface area contributed by atoms with Crippen molar-refractivity contribution in [1.82, 2.24) is 0 Å². The van der Waals surface area contributed by atoms with E-state index in [-0.39, 0.29) is 17.6 Å². The number of carbonyl (C=O) groups excluding carboxylic acids is 1. The second-order valence-electron chi connectivity index (χ2n) is 4.16.